The van der Waals surface area contributed by atoms with E-state index in [9.17, 15) is 0 Å². The third-order valence-corrected chi connectivity index (χ3v) is 3.96. The number of unbranched alkanes of at least 4 members (excludes halogenated alkanes) is 1. The van der Waals surface area contributed by atoms with Gasteiger partial charge in [0, 0.05) is 19.2 Å². The Labute approximate surface area is 124 Å². The lowest BCUT2D eigenvalue weighted by Gasteiger charge is -2.32. The third-order valence-electron chi connectivity index (χ3n) is 3.96. The number of rotatable bonds is 14. The van der Waals surface area contributed by atoms with E-state index in [2.05, 4.69) is 19.2 Å². The van der Waals surface area contributed by atoms with Crippen molar-refractivity contribution in [1.29, 1.82) is 0 Å². The van der Waals surface area contributed by atoms with Crippen LogP contribution >= 0.6 is 0 Å². The molecule has 1 aliphatic carbocycles. The summed E-state index contributed by atoms with van der Waals surface area (Å²) in [5.41, 5.74) is 0. The van der Waals surface area contributed by atoms with Crippen LogP contribution < -0.4 is 5.32 Å². The Morgan fingerprint density at radius 2 is 1.55 bits per heavy atom. The summed E-state index contributed by atoms with van der Waals surface area (Å²) in [4.78, 5) is 0. The first-order chi connectivity index (χ1) is 9.84. The molecule has 20 heavy (non-hydrogen) atoms. The Kier molecular flexibility index (Phi) is 11.2. The van der Waals surface area contributed by atoms with E-state index >= 15 is 0 Å². The molecule has 0 aliphatic heterocycles. The van der Waals surface area contributed by atoms with Crippen LogP contribution in [0.15, 0.2) is 0 Å². The maximum absolute atomic E-state index is 5.53. The van der Waals surface area contributed by atoms with Crippen molar-refractivity contribution in [3.8, 4) is 0 Å². The maximum Gasteiger partial charge on any atom is 0.0701 e. The van der Waals surface area contributed by atoms with E-state index in [0.717, 1.165) is 32.1 Å². The SMILES string of the molecule is CCCCOCCOCCOCCNC(C)C1CCC1. The molecule has 1 atom stereocenters. The van der Waals surface area contributed by atoms with Crippen molar-refractivity contribution in [2.45, 2.75) is 52.0 Å². The average Bonchev–Trinajstić information content (AvgIpc) is 2.38. The van der Waals surface area contributed by atoms with Gasteiger partial charge in [-0.1, -0.05) is 19.8 Å². The molecule has 1 N–H and O–H groups in total. The van der Waals surface area contributed by atoms with Crippen LogP contribution in [0, 0.1) is 5.92 Å². The van der Waals surface area contributed by atoms with Gasteiger partial charge in [0.1, 0.15) is 0 Å². The molecule has 1 unspecified atom stereocenters. The molecule has 0 aromatic heterocycles. The van der Waals surface area contributed by atoms with Gasteiger partial charge < -0.3 is 19.5 Å². The Balaban J connectivity index is 1.70. The van der Waals surface area contributed by atoms with E-state index in [1.165, 1.54) is 25.7 Å². The molecule has 1 rings (SSSR count). The van der Waals surface area contributed by atoms with Crippen molar-refractivity contribution >= 4 is 0 Å². The summed E-state index contributed by atoms with van der Waals surface area (Å²) < 4.78 is 16.4. The monoisotopic (exact) mass is 287 g/mol. The highest BCUT2D eigenvalue weighted by atomic mass is 16.5. The van der Waals surface area contributed by atoms with Gasteiger partial charge in [-0.3, -0.25) is 0 Å². The Morgan fingerprint density at radius 1 is 0.950 bits per heavy atom. The summed E-state index contributed by atoms with van der Waals surface area (Å²) in [6.07, 6.45) is 6.51. The van der Waals surface area contributed by atoms with E-state index in [1.807, 2.05) is 0 Å². The van der Waals surface area contributed by atoms with Gasteiger partial charge in [-0.15, -0.1) is 0 Å². The molecule has 0 aromatic carbocycles. The van der Waals surface area contributed by atoms with Gasteiger partial charge in [-0.25, -0.2) is 0 Å². The molecule has 1 aliphatic rings. The quantitative estimate of drug-likeness (QED) is 0.499. The van der Waals surface area contributed by atoms with Crippen LogP contribution in [0.3, 0.4) is 0 Å². The summed E-state index contributed by atoms with van der Waals surface area (Å²) in [7, 11) is 0. The van der Waals surface area contributed by atoms with Crippen LogP contribution in [0.5, 0.6) is 0 Å². The normalized spacial score (nSPS) is 17.1. The summed E-state index contributed by atoms with van der Waals surface area (Å²) in [6, 6.07) is 0.642. The molecule has 0 aromatic rings. The highest BCUT2D eigenvalue weighted by Gasteiger charge is 2.22. The standard InChI is InChI=1S/C16H33NO3/c1-3-4-9-18-11-13-20-14-12-19-10-8-17-15(2)16-6-5-7-16/h15-17H,3-14H2,1-2H3. The zero-order chi connectivity index (χ0) is 14.5. The lowest BCUT2D eigenvalue weighted by molar-refractivity contribution is 0.0141. The molecule has 4 heteroatoms. The van der Waals surface area contributed by atoms with Gasteiger partial charge in [0.25, 0.3) is 0 Å². The second kappa shape index (κ2) is 12.6. The van der Waals surface area contributed by atoms with Gasteiger partial charge in [0.05, 0.1) is 33.0 Å². The van der Waals surface area contributed by atoms with E-state index < -0.39 is 0 Å². The first-order valence-electron chi connectivity index (χ1n) is 8.31. The molecular formula is C16H33NO3. The Morgan fingerprint density at radius 3 is 2.10 bits per heavy atom. The van der Waals surface area contributed by atoms with Gasteiger partial charge in [-0.2, -0.15) is 0 Å². The Hall–Kier alpha value is -0.160. The van der Waals surface area contributed by atoms with E-state index in [4.69, 9.17) is 14.2 Å². The molecule has 0 radical (unpaired) electrons. The molecule has 0 saturated heterocycles. The predicted octanol–water partition coefficient (Wildman–Crippen LogP) is 2.61. The smallest absolute Gasteiger partial charge is 0.0701 e. The van der Waals surface area contributed by atoms with E-state index in [-0.39, 0.29) is 0 Å². The molecule has 0 amide bonds. The van der Waals surface area contributed by atoms with Crippen molar-refractivity contribution in [1.82, 2.24) is 5.32 Å². The van der Waals surface area contributed by atoms with Crippen molar-refractivity contribution in [2.75, 3.05) is 46.2 Å². The van der Waals surface area contributed by atoms with Crippen molar-refractivity contribution < 1.29 is 14.2 Å². The maximum atomic E-state index is 5.53. The van der Waals surface area contributed by atoms with Crippen molar-refractivity contribution in [3.63, 3.8) is 0 Å². The summed E-state index contributed by atoms with van der Waals surface area (Å²) >= 11 is 0. The highest BCUT2D eigenvalue weighted by molar-refractivity contribution is 4.79. The molecule has 0 bridgehead atoms. The summed E-state index contributed by atoms with van der Waals surface area (Å²) in [6.45, 7) is 9.71. The number of hydrogen-bond acceptors (Lipinski definition) is 4. The average molecular weight is 287 g/mol. The zero-order valence-corrected chi connectivity index (χ0v) is 13.4. The summed E-state index contributed by atoms with van der Waals surface area (Å²) in [5.74, 6) is 0.894. The summed E-state index contributed by atoms with van der Waals surface area (Å²) in [5, 5.41) is 3.53. The lowest BCUT2D eigenvalue weighted by Crippen LogP contribution is -2.38. The van der Waals surface area contributed by atoms with Crippen LogP contribution in [-0.4, -0.2) is 52.2 Å². The fourth-order valence-electron chi connectivity index (χ4n) is 2.25. The van der Waals surface area contributed by atoms with Crippen LogP contribution in [0.1, 0.15) is 46.0 Å². The fraction of sp³-hybridized carbons (Fsp3) is 1.00. The number of hydrogen-bond donors (Lipinski definition) is 1. The second-order valence-electron chi connectivity index (χ2n) is 5.62. The van der Waals surface area contributed by atoms with E-state index in [1.54, 1.807) is 0 Å². The van der Waals surface area contributed by atoms with E-state index in [0.29, 0.717) is 32.5 Å². The molecule has 0 heterocycles. The first kappa shape index (κ1) is 17.9. The molecular weight excluding hydrogens is 254 g/mol. The number of nitrogens with one attached hydrogen (secondary N) is 1. The van der Waals surface area contributed by atoms with Crippen molar-refractivity contribution in [3.05, 3.63) is 0 Å². The minimum atomic E-state index is 0.642. The molecule has 1 saturated carbocycles. The lowest BCUT2D eigenvalue weighted by atomic mass is 9.80. The number of ether oxygens (including phenoxy) is 3. The van der Waals surface area contributed by atoms with Crippen LogP contribution in [0.2, 0.25) is 0 Å². The Bertz CT molecular complexity index is 210. The molecule has 1 fully saturated rings. The molecule has 0 spiro atoms. The minimum absolute atomic E-state index is 0.642. The van der Waals surface area contributed by atoms with Crippen LogP contribution in [-0.2, 0) is 14.2 Å². The van der Waals surface area contributed by atoms with Gasteiger partial charge >= 0.3 is 0 Å². The van der Waals surface area contributed by atoms with Crippen LogP contribution in [0.25, 0.3) is 0 Å². The van der Waals surface area contributed by atoms with Gasteiger partial charge in [-0.05, 0) is 32.1 Å². The topological polar surface area (TPSA) is 39.7 Å². The van der Waals surface area contributed by atoms with Crippen LogP contribution in [0.4, 0.5) is 0 Å². The van der Waals surface area contributed by atoms with Gasteiger partial charge in [0.2, 0.25) is 0 Å². The predicted molar refractivity (Wildman–Crippen MR) is 82.2 cm³/mol. The van der Waals surface area contributed by atoms with Crippen molar-refractivity contribution in [2.24, 2.45) is 5.92 Å². The third kappa shape index (κ3) is 8.90. The zero-order valence-electron chi connectivity index (χ0n) is 13.4. The fourth-order valence-corrected chi connectivity index (χ4v) is 2.25. The molecule has 4 nitrogen and oxygen atoms in total. The second-order valence-corrected chi connectivity index (χ2v) is 5.62. The van der Waals surface area contributed by atoms with Gasteiger partial charge in [0.15, 0.2) is 0 Å². The first-order valence-corrected chi connectivity index (χ1v) is 8.31. The largest absolute Gasteiger partial charge is 0.379 e. The molecule has 120 valence electrons. The highest BCUT2D eigenvalue weighted by Crippen LogP contribution is 2.29. The minimum Gasteiger partial charge on any atom is -0.379 e.